The quantitative estimate of drug-likeness (QED) is 0.885. The summed E-state index contributed by atoms with van der Waals surface area (Å²) in [5, 5.41) is 10.4. The Morgan fingerprint density at radius 2 is 2.29 bits per heavy atom. The summed E-state index contributed by atoms with van der Waals surface area (Å²) in [5.41, 5.74) is 3.49. The van der Waals surface area contributed by atoms with Gasteiger partial charge in [0, 0.05) is 37.1 Å². The molecule has 2 aromatic rings. The van der Waals surface area contributed by atoms with E-state index in [1.54, 1.807) is 17.9 Å². The second-order valence-electron chi connectivity index (χ2n) is 6.51. The highest BCUT2D eigenvalue weighted by Gasteiger charge is 2.25. The van der Waals surface area contributed by atoms with E-state index in [1.165, 1.54) is 24.1 Å². The number of carbonyl (C=O) groups excluding carboxylic acids is 1. The molecule has 2 heterocycles. The third-order valence-corrected chi connectivity index (χ3v) is 4.70. The first-order chi connectivity index (χ1) is 11.7. The van der Waals surface area contributed by atoms with Gasteiger partial charge in [0.15, 0.2) is 0 Å². The molecule has 24 heavy (non-hydrogen) atoms. The molecule has 0 aliphatic heterocycles. The number of rotatable bonds is 5. The number of amides is 1. The molecule has 1 aliphatic carbocycles. The first-order valence-electron chi connectivity index (χ1n) is 8.57. The molecular formula is C18H25N5O. The average molecular weight is 327 g/mol. The van der Waals surface area contributed by atoms with Gasteiger partial charge in [-0.25, -0.2) is 0 Å². The van der Waals surface area contributed by atoms with Crippen LogP contribution in [0, 0.1) is 6.92 Å². The summed E-state index contributed by atoms with van der Waals surface area (Å²) in [7, 11) is 1.63. The van der Waals surface area contributed by atoms with E-state index in [9.17, 15) is 4.79 Å². The van der Waals surface area contributed by atoms with E-state index in [-0.39, 0.29) is 12.5 Å². The fraction of sp³-hybridized carbons (Fsp3) is 0.500. The monoisotopic (exact) mass is 327 g/mol. The van der Waals surface area contributed by atoms with Crippen LogP contribution in [-0.2, 0) is 11.3 Å². The second-order valence-corrected chi connectivity index (χ2v) is 6.51. The number of hydrogen-bond acceptors (Lipinski definition) is 4. The third-order valence-electron chi connectivity index (χ3n) is 4.70. The van der Waals surface area contributed by atoms with Gasteiger partial charge in [-0.2, -0.15) is 5.10 Å². The van der Waals surface area contributed by atoms with E-state index in [1.807, 2.05) is 18.5 Å². The number of nitrogens with zero attached hydrogens (tertiary/aromatic N) is 3. The molecule has 6 heteroatoms. The molecule has 6 nitrogen and oxygen atoms in total. The zero-order valence-electron chi connectivity index (χ0n) is 14.3. The first kappa shape index (κ1) is 16.5. The minimum atomic E-state index is -0.0481. The van der Waals surface area contributed by atoms with Crippen molar-refractivity contribution in [3.8, 4) is 0 Å². The van der Waals surface area contributed by atoms with Gasteiger partial charge in [0.05, 0.1) is 11.9 Å². The molecular weight excluding hydrogens is 302 g/mol. The molecule has 1 saturated carbocycles. The van der Waals surface area contributed by atoms with Gasteiger partial charge in [0.25, 0.3) is 0 Å². The molecule has 1 fully saturated rings. The maximum Gasteiger partial charge on any atom is 0.241 e. The van der Waals surface area contributed by atoms with Crippen molar-refractivity contribution in [1.29, 1.82) is 0 Å². The van der Waals surface area contributed by atoms with Crippen LogP contribution < -0.4 is 10.6 Å². The van der Waals surface area contributed by atoms with Gasteiger partial charge in [-0.3, -0.25) is 14.5 Å². The van der Waals surface area contributed by atoms with Gasteiger partial charge >= 0.3 is 0 Å². The Morgan fingerprint density at radius 3 is 3.08 bits per heavy atom. The second kappa shape index (κ2) is 7.47. The fourth-order valence-corrected chi connectivity index (χ4v) is 3.48. The van der Waals surface area contributed by atoms with Crippen molar-refractivity contribution in [2.75, 3.05) is 12.4 Å². The van der Waals surface area contributed by atoms with Crippen LogP contribution in [-0.4, -0.2) is 33.8 Å². The van der Waals surface area contributed by atoms with E-state index < -0.39 is 0 Å². The van der Waals surface area contributed by atoms with E-state index >= 15 is 0 Å². The van der Waals surface area contributed by atoms with E-state index in [4.69, 9.17) is 0 Å². The van der Waals surface area contributed by atoms with Crippen molar-refractivity contribution in [2.45, 2.75) is 51.1 Å². The molecule has 0 unspecified atom stereocenters. The summed E-state index contributed by atoms with van der Waals surface area (Å²) in [6, 6.07) is 4.56. The van der Waals surface area contributed by atoms with Crippen molar-refractivity contribution in [3.05, 3.63) is 42.0 Å². The minimum absolute atomic E-state index is 0.0481. The zero-order valence-corrected chi connectivity index (χ0v) is 14.3. The number of anilines is 1. The molecule has 2 atom stereocenters. The predicted molar refractivity (Wildman–Crippen MR) is 93.9 cm³/mol. The summed E-state index contributed by atoms with van der Waals surface area (Å²) < 4.78 is 1.66. The molecule has 1 amide bonds. The van der Waals surface area contributed by atoms with Gasteiger partial charge in [0.1, 0.15) is 6.54 Å². The number of nitrogens with one attached hydrogen (secondary N) is 2. The first-order valence-corrected chi connectivity index (χ1v) is 8.57. The lowest BCUT2D eigenvalue weighted by Gasteiger charge is -2.30. The van der Waals surface area contributed by atoms with Crippen LogP contribution >= 0.6 is 0 Å². The van der Waals surface area contributed by atoms with Crippen LogP contribution in [0.2, 0.25) is 0 Å². The zero-order chi connectivity index (χ0) is 16.9. The standard InChI is InChI=1S/C18H25N5O/c1-13-5-4-8-20-18(13)14-6-3-7-15(9-14)22-16-10-21-23(11-16)12-17(24)19-2/h4-5,8,10-11,14-15,22H,3,6-7,9,12H2,1-2H3,(H,19,24)/t14-,15+/m1/s1. The fourth-order valence-electron chi connectivity index (χ4n) is 3.48. The predicted octanol–water partition coefficient (Wildman–Crippen LogP) is 2.47. The maximum absolute atomic E-state index is 11.4. The number of aryl methyl sites for hydroxylation is 1. The van der Waals surface area contributed by atoms with Gasteiger partial charge in [0.2, 0.25) is 5.91 Å². The highest BCUT2D eigenvalue weighted by atomic mass is 16.1. The summed E-state index contributed by atoms with van der Waals surface area (Å²) in [6.07, 6.45) is 10.2. The highest BCUT2D eigenvalue weighted by Crippen LogP contribution is 2.34. The number of hydrogen-bond donors (Lipinski definition) is 2. The van der Waals surface area contributed by atoms with Crippen molar-refractivity contribution in [3.63, 3.8) is 0 Å². The summed E-state index contributed by atoms with van der Waals surface area (Å²) in [5.74, 6) is 0.464. The summed E-state index contributed by atoms with van der Waals surface area (Å²) >= 11 is 0. The number of carbonyl (C=O) groups is 1. The Labute approximate surface area is 142 Å². The lowest BCUT2D eigenvalue weighted by atomic mass is 9.82. The van der Waals surface area contributed by atoms with Crippen LogP contribution in [0.5, 0.6) is 0 Å². The third kappa shape index (κ3) is 3.93. The van der Waals surface area contributed by atoms with Gasteiger partial charge in [-0.15, -0.1) is 0 Å². The molecule has 2 N–H and O–H groups in total. The molecule has 1 aliphatic rings. The molecule has 0 radical (unpaired) electrons. The van der Waals surface area contributed by atoms with Crippen molar-refractivity contribution >= 4 is 11.6 Å². The van der Waals surface area contributed by atoms with Crippen molar-refractivity contribution < 1.29 is 4.79 Å². The smallest absolute Gasteiger partial charge is 0.241 e. The highest BCUT2D eigenvalue weighted by molar-refractivity contribution is 5.75. The Morgan fingerprint density at radius 1 is 1.42 bits per heavy atom. The SMILES string of the molecule is CNC(=O)Cn1cc(N[C@H]2CCC[C@@H](c3ncccc3C)C2)cn1. The molecule has 128 valence electrons. The normalized spacial score (nSPS) is 20.6. The number of pyridine rings is 1. The van der Waals surface area contributed by atoms with Crippen LogP contribution in [0.25, 0.3) is 0 Å². The molecule has 0 spiro atoms. The lowest BCUT2D eigenvalue weighted by molar-refractivity contribution is -0.121. The Kier molecular flexibility index (Phi) is 5.13. The molecule has 0 bridgehead atoms. The molecule has 0 saturated heterocycles. The van der Waals surface area contributed by atoms with Gasteiger partial charge in [-0.1, -0.05) is 12.5 Å². The minimum Gasteiger partial charge on any atom is -0.380 e. The Balaban J connectivity index is 1.61. The summed E-state index contributed by atoms with van der Waals surface area (Å²) in [4.78, 5) is 16.0. The van der Waals surface area contributed by atoms with Gasteiger partial charge in [-0.05, 0) is 37.8 Å². The van der Waals surface area contributed by atoms with Crippen molar-refractivity contribution in [1.82, 2.24) is 20.1 Å². The Hall–Kier alpha value is -2.37. The van der Waals surface area contributed by atoms with Gasteiger partial charge < -0.3 is 10.6 Å². The largest absolute Gasteiger partial charge is 0.380 e. The topological polar surface area (TPSA) is 71.8 Å². The molecule has 2 aromatic heterocycles. The average Bonchev–Trinajstić information content (AvgIpc) is 3.02. The van der Waals surface area contributed by atoms with Crippen LogP contribution in [0.15, 0.2) is 30.7 Å². The molecule has 0 aromatic carbocycles. The number of likely N-dealkylation sites (N-methyl/N-ethyl adjacent to an activating group) is 1. The van der Waals surface area contributed by atoms with Crippen molar-refractivity contribution in [2.24, 2.45) is 0 Å². The summed E-state index contributed by atoms with van der Waals surface area (Å²) in [6.45, 7) is 2.39. The van der Waals surface area contributed by atoms with Crippen LogP contribution in [0.4, 0.5) is 5.69 Å². The van der Waals surface area contributed by atoms with E-state index in [2.05, 4.69) is 33.7 Å². The van der Waals surface area contributed by atoms with Crippen LogP contribution in [0.3, 0.4) is 0 Å². The van der Waals surface area contributed by atoms with E-state index in [0.29, 0.717) is 12.0 Å². The maximum atomic E-state index is 11.4. The molecule has 3 rings (SSSR count). The Bertz CT molecular complexity index is 696. The van der Waals surface area contributed by atoms with Crippen LogP contribution in [0.1, 0.15) is 42.9 Å². The van der Waals surface area contributed by atoms with E-state index in [0.717, 1.165) is 18.5 Å². The number of aromatic nitrogens is 3. The lowest BCUT2D eigenvalue weighted by Crippen LogP contribution is -2.27.